The van der Waals surface area contributed by atoms with Crippen LogP contribution < -0.4 is 5.32 Å². The van der Waals surface area contributed by atoms with Gasteiger partial charge in [0, 0.05) is 19.7 Å². The number of ether oxygens (including phenoxy) is 1. The van der Waals surface area contributed by atoms with E-state index >= 15 is 0 Å². The van der Waals surface area contributed by atoms with Crippen molar-refractivity contribution in [3.63, 3.8) is 0 Å². The molecule has 0 saturated carbocycles. The number of hydrogen-bond acceptors (Lipinski definition) is 3. The number of aliphatic hydroxyl groups excluding tert-OH is 1. The number of benzene rings is 1. The summed E-state index contributed by atoms with van der Waals surface area (Å²) in [5.41, 5.74) is 2.25. The first-order chi connectivity index (χ1) is 8.19. The van der Waals surface area contributed by atoms with Crippen LogP contribution in [0.15, 0.2) is 24.3 Å². The molecule has 0 spiro atoms. The van der Waals surface area contributed by atoms with Crippen molar-refractivity contribution in [3.8, 4) is 0 Å². The second kappa shape index (κ2) is 7.43. The van der Waals surface area contributed by atoms with Crippen LogP contribution in [0.4, 0.5) is 0 Å². The molecule has 2 atom stereocenters. The highest BCUT2D eigenvalue weighted by atomic mass is 16.5. The zero-order valence-corrected chi connectivity index (χ0v) is 10.9. The largest absolute Gasteiger partial charge is 0.387 e. The molecule has 0 radical (unpaired) electrons. The molecular formula is C14H23NO2. The predicted molar refractivity (Wildman–Crippen MR) is 70.1 cm³/mol. The summed E-state index contributed by atoms with van der Waals surface area (Å²) >= 11 is 0. The quantitative estimate of drug-likeness (QED) is 0.712. The second-order valence-corrected chi connectivity index (χ2v) is 4.28. The molecule has 0 heterocycles. The highest BCUT2D eigenvalue weighted by molar-refractivity contribution is 5.24. The Kier molecular flexibility index (Phi) is 6.19. The number of hydrogen-bond donors (Lipinski definition) is 2. The first-order valence-corrected chi connectivity index (χ1v) is 6.18. The summed E-state index contributed by atoms with van der Waals surface area (Å²) in [6.07, 6.45) is 0.552. The van der Waals surface area contributed by atoms with E-state index < -0.39 is 6.10 Å². The van der Waals surface area contributed by atoms with Gasteiger partial charge in [-0.2, -0.15) is 0 Å². The van der Waals surface area contributed by atoms with E-state index in [9.17, 15) is 5.11 Å². The van der Waals surface area contributed by atoms with Gasteiger partial charge in [-0.3, -0.25) is 0 Å². The molecule has 3 nitrogen and oxygen atoms in total. The fourth-order valence-corrected chi connectivity index (χ4v) is 1.74. The van der Waals surface area contributed by atoms with Gasteiger partial charge in [0.1, 0.15) is 0 Å². The van der Waals surface area contributed by atoms with Crippen LogP contribution in [0, 0.1) is 0 Å². The molecule has 17 heavy (non-hydrogen) atoms. The molecule has 1 aromatic carbocycles. The summed E-state index contributed by atoms with van der Waals surface area (Å²) in [6.45, 7) is 5.52. The molecule has 0 aliphatic heterocycles. The zero-order chi connectivity index (χ0) is 12.7. The molecule has 0 amide bonds. The van der Waals surface area contributed by atoms with Crippen LogP contribution in [0.3, 0.4) is 0 Å². The Balaban J connectivity index is 2.52. The maximum atomic E-state index is 10.1. The summed E-state index contributed by atoms with van der Waals surface area (Å²) in [5.74, 6) is 0. The van der Waals surface area contributed by atoms with Crippen LogP contribution in [-0.2, 0) is 11.2 Å². The van der Waals surface area contributed by atoms with Crippen LogP contribution in [-0.4, -0.2) is 31.4 Å². The second-order valence-electron chi connectivity index (χ2n) is 4.28. The van der Waals surface area contributed by atoms with Gasteiger partial charge >= 0.3 is 0 Å². The average Bonchev–Trinajstić information content (AvgIpc) is 2.38. The van der Waals surface area contributed by atoms with Crippen LogP contribution in [0.1, 0.15) is 31.1 Å². The van der Waals surface area contributed by atoms with Gasteiger partial charge in [-0.15, -0.1) is 0 Å². The molecule has 0 aliphatic rings. The van der Waals surface area contributed by atoms with Crippen LogP contribution in [0.5, 0.6) is 0 Å². The molecular weight excluding hydrogens is 214 g/mol. The minimum absolute atomic E-state index is 0.0256. The number of nitrogens with one attached hydrogen (secondary N) is 1. The standard InChI is InChI=1S/C14H23NO2/c1-4-12-5-7-13(8-6-12)14(16)11(2)15-9-10-17-3/h5-8,11,14-16H,4,9-10H2,1-3H3. The van der Waals surface area contributed by atoms with Gasteiger partial charge < -0.3 is 15.2 Å². The van der Waals surface area contributed by atoms with E-state index in [1.54, 1.807) is 7.11 Å². The Hall–Kier alpha value is -0.900. The summed E-state index contributed by atoms with van der Waals surface area (Å²) in [6, 6.07) is 8.16. The summed E-state index contributed by atoms with van der Waals surface area (Å²) < 4.78 is 4.96. The molecule has 2 N–H and O–H groups in total. The fraction of sp³-hybridized carbons (Fsp3) is 0.571. The Morgan fingerprint density at radius 2 is 1.94 bits per heavy atom. The molecule has 0 bridgehead atoms. The molecule has 1 aromatic rings. The maximum absolute atomic E-state index is 10.1. The lowest BCUT2D eigenvalue weighted by atomic mass is 10.0. The summed E-state index contributed by atoms with van der Waals surface area (Å²) in [5, 5.41) is 13.4. The molecule has 2 unspecified atom stereocenters. The van der Waals surface area contributed by atoms with Gasteiger partial charge in [0.15, 0.2) is 0 Å². The SMILES string of the molecule is CCc1ccc(C(O)C(C)NCCOC)cc1. The Labute approximate surface area is 104 Å². The predicted octanol–water partition coefficient (Wildman–Crippen LogP) is 1.91. The first-order valence-electron chi connectivity index (χ1n) is 6.18. The van der Waals surface area contributed by atoms with Crippen molar-refractivity contribution < 1.29 is 9.84 Å². The number of rotatable bonds is 7. The van der Waals surface area contributed by atoms with E-state index in [0.29, 0.717) is 6.61 Å². The smallest absolute Gasteiger partial charge is 0.0940 e. The third-order valence-electron chi connectivity index (χ3n) is 2.98. The third kappa shape index (κ3) is 4.46. The lowest BCUT2D eigenvalue weighted by Gasteiger charge is -2.20. The Bertz CT molecular complexity index is 311. The molecule has 0 aromatic heterocycles. The van der Waals surface area contributed by atoms with E-state index in [-0.39, 0.29) is 6.04 Å². The lowest BCUT2D eigenvalue weighted by molar-refractivity contribution is 0.126. The molecule has 0 aliphatic carbocycles. The van der Waals surface area contributed by atoms with E-state index in [1.807, 2.05) is 19.1 Å². The van der Waals surface area contributed by atoms with E-state index in [0.717, 1.165) is 18.5 Å². The average molecular weight is 237 g/mol. The van der Waals surface area contributed by atoms with Crippen molar-refractivity contribution in [2.24, 2.45) is 0 Å². The first kappa shape index (κ1) is 14.2. The van der Waals surface area contributed by atoms with E-state index in [4.69, 9.17) is 4.74 Å². The third-order valence-corrected chi connectivity index (χ3v) is 2.98. The Morgan fingerprint density at radius 1 is 1.29 bits per heavy atom. The van der Waals surface area contributed by atoms with Gasteiger partial charge in [-0.25, -0.2) is 0 Å². The minimum Gasteiger partial charge on any atom is -0.387 e. The Morgan fingerprint density at radius 3 is 2.47 bits per heavy atom. The normalized spacial score (nSPS) is 14.6. The maximum Gasteiger partial charge on any atom is 0.0940 e. The van der Waals surface area contributed by atoms with Gasteiger partial charge in [0.2, 0.25) is 0 Å². The van der Waals surface area contributed by atoms with Crippen molar-refractivity contribution >= 4 is 0 Å². The van der Waals surface area contributed by atoms with E-state index in [2.05, 4.69) is 24.4 Å². The van der Waals surface area contributed by atoms with Gasteiger partial charge in [0.25, 0.3) is 0 Å². The van der Waals surface area contributed by atoms with Crippen molar-refractivity contribution in [2.75, 3.05) is 20.3 Å². The van der Waals surface area contributed by atoms with Gasteiger partial charge in [-0.05, 0) is 24.5 Å². The summed E-state index contributed by atoms with van der Waals surface area (Å²) in [4.78, 5) is 0. The highest BCUT2D eigenvalue weighted by Gasteiger charge is 2.15. The molecule has 1 rings (SSSR count). The lowest BCUT2D eigenvalue weighted by Crippen LogP contribution is -2.34. The summed E-state index contributed by atoms with van der Waals surface area (Å²) in [7, 11) is 1.67. The number of methoxy groups -OCH3 is 1. The minimum atomic E-state index is -0.474. The highest BCUT2D eigenvalue weighted by Crippen LogP contribution is 2.17. The van der Waals surface area contributed by atoms with Crippen molar-refractivity contribution in [1.82, 2.24) is 5.32 Å². The van der Waals surface area contributed by atoms with Crippen molar-refractivity contribution in [2.45, 2.75) is 32.4 Å². The molecule has 96 valence electrons. The monoisotopic (exact) mass is 237 g/mol. The number of aryl methyl sites for hydroxylation is 1. The van der Waals surface area contributed by atoms with E-state index in [1.165, 1.54) is 5.56 Å². The topological polar surface area (TPSA) is 41.5 Å². The molecule has 3 heteroatoms. The molecule has 0 fully saturated rings. The fourth-order valence-electron chi connectivity index (χ4n) is 1.74. The zero-order valence-electron chi connectivity index (χ0n) is 10.9. The van der Waals surface area contributed by atoms with Crippen molar-refractivity contribution in [1.29, 1.82) is 0 Å². The van der Waals surface area contributed by atoms with Gasteiger partial charge in [-0.1, -0.05) is 31.2 Å². The van der Waals surface area contributed by atoms with Gasteiger partial charge in [0.05, 0.1) is 12.7 Å². The molecule has 0 saturated heterocycles. The van der Waals surface area contributed by atoms with Crippen LogP contribution in [0.25, 0.3) is 0 Å². The van der Waals surface area contributed by atoms with Crippen LogP contribution in [0.2, 0.25) is 0 Å². The van der Waals surface area contributed by atoms with Crippen LogP contribution >= 0.6 is 0 Å². The van der Waals surface area contributed by atoms with Crippen molar-refractivity contribution in [3.05, 3.63) is 35.4 Å². The number of aliphatic hydroxyl groups is 1.